The third-order valence-corrected chi connectivity index (χ3v) is 2.12. The van der Waals surface area contributed by atoms with Crippen LogP contribution in [0.15, 0.2) is 18.2 Å². The van der Waals surface area contributed by atoms with E-state index in [0.29, 0.717) is 23.7 Å². The molecule has 1 amide bonds. The van der Waals surface area contributed by atoms with Gasteiger partial charge in [0, 0.05) is 12.1 Å². The van der Waals surface area contributed by atoms with Gasteiger partial charge in [-0.15, -0.1) is 0 Å². The molecule has 0 bridgehead atoms. The fourth-order valence-electron chi connectivity index (χ4n) is 1.36. The van der Waals surface area contributed by atoms with E-state index in [2.05, 4.69) is 5.32 Å². The van der Waals surface area contributed by atoms with Gasteiger partial charge in [-0.1, -0.05) is 0 Å². The van der Waals surface area contributed by atoms with E-state index in [1.54, 1.807) is 18.2 Å². The van der Waals surface area contributed by atoms with Crippen molar-refractivity contribution in [1.82, 2.24) is 5.32 Å². The van der Waals surface area contributed by atoms with Crippen molar-refractivity contribution in [3.8, 4) is 11.5 Å². The third kappa shape index (κ3) is 3.64. The first kappa shape index (κ1) is 13.3. The summed E-state index contributed by atoms with van der Waals surface area (Å²) in [5, 5.41) is 11.2. The molecule has 0 aliphatic rings. The van der Waals surface area contributed by atoms with Crippen LogP contribution >= 0.6 is 0 Å². The molecule has 2 N–H and O–H groups in total. The number of carbonyl (C=O) groups is 1. The van der Waals surface area contributed by atoms with Crippen LogP contribution in [0.25, 0.3) is 0 Å². The second-order valence-electron chi connectivity index (χ2n) is 3.28. The number of rotatable bonds is 6. The molecule has 17 heavy (non-hydrogen) atoms. The second kappa shape index (κ2) is 6.75. The van der Waals surface area contributed by atoms with Crippen LogP contribution in [0.4, 0.5) is 0 Å². The fraction of sp³-hybridized carbons (Fsp3) is 0.417. The van der Waals surface area contributed by atoms with Crippen molar-refractivity contribution in [3.05, 3.63) is 23.8 Å². The van der Waals surface area contributed by atoms with Gasteiger partial charge in [0.1, 0.15) is 0 Å². The van der Waals surface area contributed by atoms with Crippen LogP contribution in [0.1, 0.15) is 17.3 Å². The van der Waals surface area contributed by atoms with Gasteiger partial charge in [0.15, 0.2) is 11.5 Å². The summed E-state index contributed by atoms with van der Waals surface area (Å²) in [7, 11) is 1.52. The molecule has 0 unspecified atom stereocenters. The fourth-order valence-corrected chi connectivity index (χ4v) is 1.36. The Labute approximate surface area is 100 Å². The van der Waals surface area contributed by atoms with Crippen LogP contribution in [0.2, 0.25) is 0 Å². The molecule has 0 saturated heterocycles. The Morgan fingerprint density at radius 1 is 1.41 bits per heavy atom. The summed E-state index contributed by atoms with van der Waals surface area (Å²) in [4.78, 5) is 11.6. The minimum atomic E-state index is -0.250. The van der Waals surface area contributed by atoms with Crippen molar-refractivity contribution in [1.29, 1.82) is 0 Å². The highest BCUT2D eigenvalue weighted by molar-refractivity contribution is 5.94. The Morgan fingerprint density at radius 2 is 2.18 bits per heavy atom. The lowest BCUT2D eigenvalue weighted by Crippen LogP contribution is -2.26. The molecule has 0 spiro atoms. The van der Waals surface area contributed by atoms with Gasteiger partial charge in [-0.3, -0.25) is 4.79 Å². The van der Waals surface area contributed by atoms with E-state index >= 15 is 0 Å². The van der Waals surface area contributed by atoms with Gasteiger partial charge in [0.25, 0.3) is 5.91 Å². The number of amides is 1. The Balaban J connectivity index is 2.84. The molecule has 0 atom stereocenters. The quantitative estimate of drug-likeness (QED) is 0.771. The molecule has 0 aliphatic carbocycles. The highest BCUT2D eigenvalue weighted by atomic mass is 16.5. The number of hydrogen-bond donors (Lipinski definition) is 2. The van der Waals surface area contributed by atoms with Crippen molar-refractivity contribution in [3.63, 3.8) is 0 Å². The number of benzene rings is 1. The summed E-state index contributed by atoms with van der Waals surface area (Å²) in [5.41, 5.74) is 0.471. The number of aliphatic hydroxyl groups excluding tert-OH is 1. The lowest BCUT2D eigenvalue weighted by Gasteiger charge is -2.10. The minimum Gasteiger partial charge on any atom is -0.493 e. The monoisotopic (exact) mass is 239 g/mol. The third-order valence-electron chi connectivity index (χ3n) is 2.12. The topological polar surface area (TPSA) is 67.8 Å². The number of aliphatic hydroxyl groups is 1. The lowest BCUT2D eigenvalue weighted by atomic mass is 10.2. The summed E-state index contributed by atoms with van der Waals surface area (Å²) in [5.74, 6) is 0.873. The van der Waals surface area contributed by atoms with Crippen molar-refractivity contribution in [2.45, 2.75) is 6.92 Å². The number of carbonyl (C=O) groups excluding carboxylic acids is 1. The molecule has 0 fully saturated rings. The molecule has 1 aromatic rings. The van der Waals surface area contributed by atoms with Gasteiger partial charge in [-0.05, 0) is 25.1 Å². The Bertz CT molecular complexity index is 379. The molecule has 0 saturated carbocycles. The van der Waals surface area contributed by atoms with Gasteiger partial charge >= 0.3 is 0 Å². The van der Waals surface area contributed by atoms with E-state index in [1.807, 2.05) is 6.92 Å². The van der Waals surface area contributed by atoms with Gasteiger partial charge in [0.05, 0.1) is 20.3 Å². The zero-order valence-electron chi connectivity index (χ0n) is 10.0. The van der Waals surface area contributed by atoms with Crippen molar-refractivity contribution in [2.75, 3.05) is 26.9 Å². The predicted octanol–water partition coefficient (Wildman–Crippen LogP) is 0.816. The van der Waals surface area contributed by atoms with E-state index in [1.165, 1.54) is 7.11 Å². The van der Waals surface area contributed by atoms with Crippen molar-refractivity contribution < 1.29 is 19.4 Å². The lowest BCUT2D eigenvalue weighted by molar-refractivity contribution is 0.0944. The van der Waals surface area contributed by atoms with Crippen molar-refractivity contribution >= 4 is 5.91 Å². The smallest absolute Gasteiger partial charge is 0.251 e. The van der Waals surface area contributed by atoms with E-state index < -0.39 is 0 Å². The van der Waals surface area contributed by atoms with Crippen LogP contribution in [-0.2, 0) is 0 Å². The number of nitrogens with one attached hydrogen (secondary N) is 1. The standard InChI is InChI=1S/C12H17NO4/c1-3-17-10-5-4-9(8-11(10)16-2)12(15)13-6-7-14/h4-5,8,14H,3,6-7H2,1-2H3,(H,13,15). The van der Waals surface area contributed by atoms with Crippen LogP contribution in [0, 0.1) is 0 Å². The van der Waals surface area contributed by atoms with Crippen LogP contribution in [-0.4, -0.2) is 37.9 Å². The average Bonchev–Trinajstić information content (AvgIpc) is 2.36. The first-order chi connectivity index (χ1) is 8.22. The zero-order valence-corrected chi connectivity index (χ0v) is 10.0. The van der Waals surface area contributed by atoms with Crippen LogP contribution in [0.5, 0.6) is 11.5 Å². The maximum absolute atomic E-state index is 11.6. The molecule has 5 heteroatoms. The summed E-state index contributed by atoms with van der Waals surface area (Å²) < 4.78 is 10.5. The summed E-state index contributed by atoms with van der Waals surface area (Å²) in [6.07, 6.45) is 0. The average molecular weight is 239 g/mol. The molecule has 0 radical (unpaired) electrons. The van der Waals surface area contributed by atoms with Gasteiger partial charge in [0.2, 0.25) is 0 Å². The summed E-state index contributed by atoms with van der Waals surface area (Å²) in [6, 6.07) is 4.95. The molecular formula is C12H17NO4. The SMILES string of the molecule is CCOc1ccc(C(=O)NCCO)cc1OC. The Kier molecular flexibility index (Phi) is 5.29. The van der Waals surface area contributed by atoms with E-state index in [9.17, 15) is 4.79 Å². The first-order valence-corrected chi connectivity index (χ1v) is 5.42. The highest BCUT2D eigenvalue weighted by Crippen LogP contribution is 2.27. The maximum atomic E-state index is 11.6. The molecule has 1 rings (SSSR count). The zero-order chi connectivity index (χ0) is 12.7. The largest absolute Gasteiger partial charge is 0.493 e. The van der Waals surface area contributed by atoms with Crippen LogP contribution < -0.4 is 14.8 Å². The number of ether oxygens (including phenoxy) is 2. The Morgan fingerprint density at radius 3 is 2.76 bits per heavy atom. The molecule has 0 aliphatic heterocycles. The van der Waals surface area contributed by atoms with Crippen molar-refractivity contribution in [2.24, 2.45) is 0 Å². The first-order valence-electron chi connectivity index (χ1n) is 5.42. The number of hydrogen-bond acceptors (Lipinski definition) is 4. The normalized spacial score (nSPS) is 9.82. The number of methoxy groups -OCH3 is 1. The minimum absolute atomic E-state index is 0.0834. The van der Waals surface area contributed by atoms with E-state index in [0.717, 1.165) is 0 Å². The molecule has 0 aromatic heterocycles. The highest BCUT2D eigenvalue weighted by Gasteiger charge is 2.10. The molecular weight excluding hydrogens is 222 g/mol. The van der Waals surface area contributed by atoms with Gasteiger partial charge < -0.3 is 19.9 Å². The van der Waals surface area contributed by atoms with Crippen LogP contribution in [0.3, 0.4) is 0 Å². The second-order valence-corrected chi connectivity index (χ2v) is 3.28. The molecule has 1 aromatic carbocycles. The summed E-state index contributed by atoms with van der Waals surface area (Å²) >= 11 is 0. The van der Waals surface area contributed by atoms with Gasteiger partial charge in [-0.2, -0.15) is 0 Å². The summed E-state index contributed by atoms with van der Waals surface area (Å²) in [6.45, 7) is 2.56. The van der Waals surface area contributed by atoms with E-state index in [4.69, 9.17) is 14.6 Å². The van der Waals surface area contributed by atoms with Gasteiger partial charge in [-0.25, -0.2) is 0 Å². The molecule has 0 heterocycles. The molecule has 94 valence electrons. The Hall–Kier alpha value is -1.75. The van der Waals surface area contributed by atoms with E-state index in [-0.39, 0.29) is 19.1 Å². The molecule has 5 nitrogen and oxygen atoms in total. The predicted molar refractivity (Wildman–Crippen MR) is 63.6 cm³/mol. The maximum Gasteiger partial charge on any atom is 0.251 e.